The molecule has 0 saturated heterocycles. The number of fused-ring (bicyclic) bond motifs is 10. The van der Waals surface area contributed by atoms with E-state index in [1.54, 1.807) is 0 Å². The molecule has 1 aromatic heterocycles. The van der Waals surface area contributed by atoms with Gasteiger partial charge in [-0.25, -0.2) is 0 Å². The summed E-state index contributed by atoms with van der Waals surface area (Å²) in [7, 11) is 0. The van der Waals surface area contributed by atoms with Crippen LogP contribution < -0.4 is 0 Å². The number of para-hydroxylation sites is 1. The van der Waals surface area contributed by atoms with Gasteiger partial charge in [0.05, 0.1) is 11.0 Å². The Morgan fingerprint density at radius 3 is 1.87 bits per heavy atom. The molecule has 0 aliphatic carbocycles. The second-order valence-corrected chi connectivity index (χ2v) is 12.4. The minimum absolute atomic E-state index is 0.864. The topological polar surface area (TPSA) is 4.93 Å². The molecule has 8 aromatic carbocycles. The highest BCUT2D eigenvalue weighted by molar-refractivity contribution is 6.19. The first kappa shape index (κ1) is 26.0. The number of hydrogen-bond acceptors (Lipinski definition) is 0. The predicted octanol–water partition coefficient (Wildman–Crippen LogP) is 11.9. The van der Waals surface area contributed by atoms with E-state index in [0.29, 0.717) is 0 Å². The Bertz CT molecular complexity index is 2580. The molecule has 1 heteroatoms. The molecule has 1 heterocycles. The van der Waals surface area contributed by atoms with Crippen molar-refractivity contribution in [2.45, 2.75) is 26.2 Å². The maximum absolute atomic E-state index is 2.54. The van der Waals surface area contributed by atoms with Crippen LogP contribution in [0, 0.1) is 0 Å². The largest absolute Gasteiger partial charge is 0.308 e. The number of benzene rings is 8. The summed E-state index contributed by atoms with van der Waals surface area (Å²) in [6, 6.07) is 54.3. The molecule has 45 heavy (non-hydrogen) atoms. The molecule has 0 aliphatic heterocycles. The zero-order chi connectivity index (χ0) is 29.9. The van der Waals surface area contributed by atoms with Crippen molar-refractivity contribution in [3.8, 4) is 5.69 Å². The van der Waals surface area contributed by atoms with Crippen molar-refractivity contribution in [1.82, 2.24) is 4.57 Å². The molecule has 1 nitrogen and oxygen atoms in total. The van der Waals surface area contributed by atoms with Gasteiger partial charge in [0.15, 0.2) is 0 Å². The average Bonchev–Trinajstić information content (AvgIpc) is 3.42. The third-order valence-electron chi connectivity index (χ3n) is 9.69. The number of aryl methyl sites for hydroxylation is 1. The summed E-state index contributed by atoms with van der Waals surface area (Å²) < 4.78 is 2.54. The van der Waals surface area contributed by atoms with Crippen LogP contribution in [0.1, 0.15) is 30.0 Å². The first-order valence-electron chi connectivity index (χ1n) is 16.1. The Morgan fingerprint density at radius 2 is 1.04 bits per heavy atom. The molecule has 0 amide bonds. The van der Waals surface area contributed by atoms with E-state index < -0.39 is 0 Å². The van der Waals surface area contributed by atoms with Gasteiger partial charge in [-0.05, 0) is 79.4 Å². The first-order valence-corrected chi connectivity index (χ1v) is 16.1. The van der Waals surface area contributed by atoms with Crippen LogP contribution in [0.2, 0.25) is 0 Å². The molecule has 0 unspecified atom stereocenters. The summed E-state index contributed by atoms with van der Waals surface area (Å²) in [5.74, 6) is 0. The van der Waals surface area contributed by atoms with Gasteiger partial charge < -0.3 is 4.57 Å². The van der Waals surface area contributed by atoms with Gasteiger partial charge in [-0.2, -0.15) is 0 Å². The number of aromatic nitrogens is 1. The van der Waals surface area contributed by atoms with Crippen molar-refractivity contribution in [3.63, 3.8) is 0 Å². The van der Waals surface area contributed by atoms with Gasteiger partial charge in [0, 0.05) is 21.8 Å². The smallest absolute Gasteiger partial charge is 0.0619 e. The molecule has 214 valence electrons. The van der Waals surface area contributed by atoms with Crippen LogP contribution in [0.15, 0.2) is 146 Å². The molecule has 0 radical (unpaired) electrons. The zero-order valence-corrected chi connectivity index (χ0v) is 25.4. The van der Waals surface area contributed by atoms with E-state index in [-0.39, 0.29) is 0 Å². The van der Waals surface area contributed by atoms with E-state index in [2.05, 4.69) is 157 Å². The van der Waals surface area contributed by atoms with Gasteiger partial charge in [0.2, 0.25) is 0 Å². The predicted molar refractivity (Wildman–Crippen MR) is 194 cm³/mol. The van der Waals surface area contributed by atoms with Crippen molar-refractivity contribution in [2.75, 3.05) is 0 Å². The van der Waals surface area contributed by atoms with Gasteiger partial charge in [-0.3, -0.25) is 0 Å². The fourth-order valence-corrected chi connectivity index (χ4v) is 7.61. The molecular formula is C44H33N. The minimum Gasteiger partial charge on any atom is -0.308 e. The molecule has 0 aliphatic rings. The quantitative estimate of drug-likeness (QED) is 0.180. The van der Waals surface area contributed by atoms with E-state index in [1.165, 1.54) is 87.3 Å². The molecule has 9 aromatic rings. The second kappa shape index (κ2) is 10.4. The standard InChI is InChI=1S/C44H33N/c1-2-9-29-16-22-40-41-25-19-32-11-4-7-14-37(32)44(41)45(43(40)28-29)42-15-8-5-12-34(42)27-30-17-21-36-33(26-30)20-24-38-35-13-6-3-10-31(35)18-23-39(36)38/h3-8,10-26,28H,2,9,27H2,1H3. The Balaban J connectivity index is 1.23. The summed E-state index contributed by atoms with van der Waals surface area (Å²) in [4.78, 5) is 0. The lowest BCUT2D eigenvalue weighted by Gasteiger charge is -2.16. The Hall–Kier alpha value is -5.40. The molecule has 0 bridgehead atoms. The Labute approximate surface area is 263 Å². The molecule has 0 fully saturated rings. The van der Waals surface area contributed by atoms with E-state index in [0.717, 1.165) is 19.3 Å². The average molecular weight is 576 g/mol. The van der Waals surface area contributed by atoms with Crippen LogP contribution in [0.5, 0.6) is 0 Å². The van der Waals surface area contributed by atoms with Crippen LogP contribution in [-0.2, 0) is 12.8 Å². The van der Waals surface area contributed by atoms with Crippen LogP contribution in [0.3, 0.4) is 0 Å². The summed E-state index contributed by atoms with van der Waals surface area (Å²) >= 11 is 0. The fraction of sp³-hybridized carbons (Fsp3) is 0.0909. The SMILES string of the molecule is CCCc1ccc2c3ccc4ccccc4c3n(-c3ccccc3Cc3ccc4c(ccc5c6ccccc6ccc45)c3)c2c1. The first-order chi connectivity index (χ1) is 22.3. The molecule has 0 atom stereocenters. The highest BCUT2D eigenvalue weighted by atomic mass is 15.0. The second-order valence-electron chi connectivity index (χ2n) is 12.4. The van der Waals surface area contributed by atoms with Gasteiger partial charge in [0.25, 0.3) is 0 Å². The maximum Gasteiger partial charge on any atom is 0.0619 e. The van der Waals surface area contributed by atoms with E-state index in [1.807, 2.05) is 0 Å². The normalized spacial score (nSPS) is 11.9. The van der Waals surface area contributed by atoms with Crippen molar-refractivity contribution in [1.29, 1.82) is 0 Å². The number of hydrogen-bond donors (Lipinski definition) is 0. The van der Waals surface area contributed by atoms with Gasteiger partial charge >= 0.3 is 0 Å². The van der Waals surface area contributed by atoms with Crippen LogP contribution in [-0.4, -0.2) is 4.57 Å². The van der Waals surface area contributed by atoms with Crippen LogP contribution >= 0.6 is 0 Å². The lowest BCUT2D eigenvalue weighted by Crippen LogP contribution is -2.01. The van der Waals surface area contributed by atoms with Crippen molar-refractivity contribution in [3.05, 3.63) is 162 Å². The van der Waals surface area contributed by atoms with Crippen LogP contribution in [0.4, 0.5) is 0 Å². The Kier molecular flexibility index (Phi) is 5.99. The minimum atomic E-state index is 0.864. The van der Waals surface area contributed by atoms with Gasteiger partial charge in [0.1, 0.15) is 0 Å². The third kappa shape index (κ3) is 4.15. The van der Waals surface area contributed by atoms with Crippen molar-refractivity contribution < 1.29 is 0 Å². The van der Waals surface area contributed by atoms with E-state index in [4.69, 9.17) is 0 Å². The number of rotatable bonds is 5. The molecule has 0 N–H and O–H groups in total. The summed E-state index contributed by atoms with van der Waals surface area (Å²) in [5, 5.41) is 13.0. The van der Waals surface area contributed by atoms with Gasteiger partial charge in [-0.1, -0.05) is 147 Å². The highest BCUT2D eigenvalue weighted by Crippen LogP contribution is 2.39. The van der Waals surface area contributed by atoms with Crippen molar-refractivity contribution >= 4 is 64.9 Å². The molecule has 9 rings (SSSR count). The van der Waals surface area contributed by atoms with Crippen molar-refractivity contribution in [2.24, 2.45) is 0 Å². The maximum atomic E-state index is 2.54. The lowest BCUT2D eigenvalue weighted by atomic mass is 9.94. The van der Waals surface area contributed by atoms with E-state index >= 15 is 0 Å². The monoisotopic (exact) mass is 575 g/mol. The third-order valence-corrected chi connectivity index (χ3v) is 9.69. The zero-order valence-electron chi connectivity index (χ0n) is 25.4. The van der Waals surface area contributed by atoms with Gasteiger partial charge in [-0.15, -0.1) is 0 Å². The Morgan fingerprint density at radius 1 is 0.444 bits per heavy atom. The lowest BCUT2D eigenvalue weighted by molar-refractivity contribution is 0.922. The summed E-state index contributed by atoms with van der Waals surface area (Å²) in [6.45, 7) is 2.26. The highest BCUT2D eigenvalue weighted by Gasteiger charge is 2.18. The molecule has 0 spiro atoms. The summed E-state index contributed by atoms with van der Waals surface area (Å²) in [6.07, 6.45) is 3.09. The molecule has 0 saturated carbocycles. The van der Waals surface area contributed by atoms with E-state index in [9.17, 15) is 0 Å². The fourth-order valence-electron chi connectivity index (χ4n) is 7.61. The number of nitrogens with zero attached hydrogens (tertiary/aromatic N) is 1. The molecular weight excluding hydrogens is 542 g/mol. The summed E-state index contributed by atoms with van der Waals surface area (Å²) in [5.41, 5.74) is 7.89. The van der Waals surface area contributed by atoms with Crippen LogP contribution in [0.25, 0.3) is 70.6 Å².